The van der Waals surface area contributed by atoms with Crippen LogP contribution in [-0.2, 0) is 0 Å². The summed E-state index contributed by atoms with van der Waals surface area (Å²) >= 11 is 0. The Balaban J connectivity index is 3.21. The highest BCUT2D eigenvalue weighted by Crippen LogP contribution is 2.32. The molecule has 0 aliphatic carbocycles. The van der Waals surface area contributed by atoms with Gasteiger partial charge < -0.3 is 0 Å². The van der Waals surface area contributed by atoms with Gasteiger partial charge in [-0.3, -0.25) is 0 Å². The van der Waals surface area contributed by atoms with E-state index in [1.54, 1.807) is 6.07 Å². The van der Waals surface area contributed by atoms with Crippen molar-refractivity contribution in [2.24, 2.45) is 4.99 Å². The summed E-state index contributed by atoms with van der Waals surface area (Å²) in [5, 5.41) is 8.42. The average molecular weight is 266 g/mol. The standard InChI is InChI=1S/C10H4F6N2/c11-9(12,13)8(10(14,15)16)18-7-3-1-6(5-17)2-4-7/h1-4H. The maximum absolute atomic E-state index is 12.1. The van der Waals surface area contributed by atoms with Crippen LogP contribution < -0.4 is 0 Å². The lowest BCUT2D eigenvalue weighted by Gasteiger charge is -2.13. The molecule has 2 nitrogen and oxygen atoms in total. The summed E-state index contributed by atoms with van der Waals surface area (Å²) in [6.45, 7) is 0. The highest BCUT2D eigenvalue weighted by atomic mass is 19.4. The molecular formula is C10H4F6N2. The van der Waals surface area contributed by atoms with E-state index in [1.165, 1.54) is 0 Å². The molecule has 0 bridgehead atoms. The fraction of sp³-hybridized carbons (Fsp3) is 0.200. The maximum Gasteiger partial charge on any atom is 0.438 e. The van der Waals surface area contributed by atoms with E-state index in [1.807, 2.05) is 0 Å². The van der Waals surface area contributed by atoms with Gasteiger partial charge in [-0.2, -0.15) is 31.6 Å². The molecule has 1 aromatic carbocycles. The molecule has 0 amide bonds. The Bertz CT molecular complexity index is 473. The molecule has 0 unspecified atom stereocenters. The van der Waals surface area contributed by atoms with Gasteiger partial charge >= 0.3 is 12.4 Å². The first-order valence-electron chi connectivity index (χ1n) is 4.38. The summed E-state index contributed by atoms with van der Waals surface area (Å²) in [5.74, 6) is 0. The zero-order valence-corrected chi connectivity index (χ0v) is 8.47. The van der Waals surface area contributed by atoms with Gasteiger partial charge in [0.2, 0.25) is 5.71 Å². The van der Waals surface area contributed by atoms with Crippen molar-refractivity contribution in [2.45, 2.75) is 12.4 Å². The van der Waals surface area contributed by atoms with Crippen LogP contribution in [0.4, 0.5) is 32.0 Å². The maximum atomic E-state index is 12.1. The summed E-state index contributed by atoms with van der Waals surface area (Å²) in [6.07, 6.45) is -11.2. The first-order valence-corrected chi connectivity index (χ1v) is 4.38. The van der Waals surface area contributed by atoms with Crippen LogP contribution in [0.15, 0.2) is 29.3 Å². The molecule has 96 valence electrons. The zero-order valence-electron chi connectivity index (χ0n) is 8.47. The molecule has 0 aliphatic heterocycles. The molecule has 1 aromatic rings. The molecule has 0 N–H and O–H groups in total. The van der Waals surface area contributed by atoms with E-state index in [2.05, 4.69) is 4.99 Å². The number of halogens is 6. The zero-order chi connectivity index (χ0) is 14.0. The number of hydrogen-bond donors (Lipinski definition) is 0. The third kappa shape index (κ3) is 3.48. The summed E-state index contributed by atoms with van der Waals surface area (Å²) in [4.78, 5) is 2.53. The number of alkyl halides is 6. The molecule has 0 radical (unpaired) electrons. The van der Waals surface area contributed by atoms with Gasteiger partial charge in [-0.25, -0.2) is 4.99 Å². The minimum atomic E-state index is -5.59. The van der Waals surface area contributed by atoms with Gasteiger partial charge in [0.15, 0.2) is 0 Å². The predicted molar refractivity (Wildman–Crippen MR) is 50.4 cm³/mol. The van der Waals surface area contributed by atoms with Crippen LogP contribution in [0.3, 0.4) is 0 Å². The predicted octanol–water partition coefficient (Wildman–Crippen LogP) is 3.76. The smallest absolute Gasteiger partial charge is 0.240 e. The van der Waals surface area contributed by atoms with Crippen molar-refractivity contribution < 1.29 is 26.3 Å². The third-order valence-corrected chi connectivity index (χ3v) is 1.77. The van der Waals surface area contributed by atoms with Crippen LogP contribution >= 0.6 is 0 Å². The second-order valence-electron chi connectivity index (χ2n) is 3.11. The van der Waals surface area contributed by atoms with Crippen LogP contribution in [0.25, 0.3) is 0 Å². The van der Waals surface area contributed by atoms with Crippen LogP contribution in [0.1, 0.15) is 5.56 Å². The largest absolute Gasteiger partial charge is 0.438 e. The molecule has 0 heterocycles. The van der Waals surface area contributed by atoms with Crippen LogP contribution in [-0.4, -0.2) is 18.1 Å². The summed E-state index contributed by atoms with van der Waals surface area (Å²) in [6, 6.07) is 5.62. The molecule has 0 saturated carbocycles. The first-order chi connectivity index (χ1) is 8.14. The Labute approximate surface area is 97.2 Å². The number of rotatable bonds is 1. The van der Waals surface area contributed by atoms with Gasteiger partial charge in [0.1, 0.15) is 0 Å². The van der Waals surface area contributed by atoms with Crippen molar-refractivity contribution in [1.82, 2.24) is 0 Å². The SMILES string of the molecule is N#Cc1ccc(N=C(C(F)(F)F)C(F)(F)F)cc1. The highest BCUT2D eigenvalue weighted by Gasteiger charge is 2.53. The molecular weight excluding hydrogens is 262 g/mol. The monoisotopic (exact) mass is 266 g/mol. The Kier molecular flexibility index (Phi) is 3.65. The third-order valence-electron chi connectivity index (χ3n) is 1.77. The lowest BCUT2D eigenvalue weighted by molar-refractivity contribution is -0.117. The van der Waals surface area contributed by atoms with E-state index in [9.17, 15) is 26.3 Å². The van der Waals surface area contributed by atoms with Crippen molar-refractivity contribution >= 4 is 11.4 Å². The molecule has 8 heteroatoms. The number of nitriles is 1. The molecule has 0 atom stereocenters. The Morgan fingerprint density at radius 3 is 1.72 bits per heavy atom. The van der Waals surface area contributed by atoms with Crippen LogP contribution in [0.2, 0.25) is 0 Å². The van der Waals surface area contributed by atoms with Crippen LogP contribution in [0, 0.1) is 11.3 Å². The van der Waals surface area contributed by atoms with Gasteiger partial charge in [-0.15, -0.1) is 0 Å². The fourth-order valence-electron chi connectivity index (χ4n) is 1.03. The van der Waals surface area contributed by atoms with Gasteiger partial charge in [-0.05, 0) is 24.3 Å². The van der Waals surface area contributed by atoms with Gasteiger partial charge in [0, 0.05) is 0 Å². The molecule has 0 aromatic heterocycles. The van der Waals surface area contributed by atoms with Gasteiger partial charge in [0.05, 0.1) is 17.3 Å². The van der Waals surface area contributed by atoms with Crippen LogP contribution in [0.5, 0.6) is 0 Å². The minimum Gasteiger partial charge on any atom is -0.240 e. The lowest BCUT2D eigenvalue weighted by Crippen LogP contribution is -2.36. The van der Waals surface area contributed by atoms with E-state index < -0.39 is 23.8 Å². The van der Waals surface area contributed by atoms with Gasteiger partial charge in [-0.1, -0.05) is 0 Å². The Morgan fingerprint density at radius 1 is 0.944 bits per heavy atom. The molecule has 0 spiro atoms. The topological polar surface area (TPSA) is 36.1 Å². The summed E-state index contributed by atoms with van der Waals surface area (Å²) < 4.78 is 72.9. The average Bonchev–Trinajstić information content (AvgIpc) is 2.23. The summed E-state index contributed by atoms with van der Waals surface area (Å²) in [7, 11) is 0. The molecule has 0 aliphatic rings. The number of hydrogen-bond acceptors (Lipinski definition) is 2. The van der Waals surface area contributed by atoms with Crippen molar-refractivity contribution in [2.75, 3.05) is 0 Å². The van der Waals surface area contributed by atoms with Crippen molar-refractivity contribution in [3.8, 4) is 6.07 Å². The normalized spacial score (nSPS) is 11.8. The van der Waals surface area contributed by atoms with Crippen molar-refractivity contribution in [3.63, 3.8) is 0 Å². The fourth-order valence-corrected chi connectivity index (χ4v) is 1.03. The van der Waals surface area contributed by atoms with Crippen molar-refractivity contribution in [1.29, 1.82) is 5.26 Å². The highest BCUT2D eigenvalue weighted by molar-refractivity contribution is 5.96. The van der Waals surface area contributed by atoms with E-state index in [0.29, 0.717) is 0 Å². The van der Waals surface area contributed by atoms with E-state index >= 15 is 0 Å². The quantitative estimate of drug-likeness (QED) is 0.563. The second kappa shape index (κ2) is 4.68. The summed E-state index contributed by atoms with van der Waals surface area (Å²) in [5.41, 5.74) is -3.26. The van der Waals surface area contributed by atoms with E-state index in [0.717, 1.165) is 24.3 Å². The van der Waals surface area contributed by atoms with E-state index in [4.69, 9.17) is 5.26 Å². The first kappa shape index (κ1) is 14.0. The lowest BCUT2D eigenvalue weighted by atomic mass is 10.2. The van der Waals surface area contributed by atoms with E-state index in [-0.39, 0.29) is 5.56 Å². The molecule has 18 heavy (non-hydrogen) atoms. The minimum absolute atomic E-state index is 0.106. The molecule has 0 fully saturated rings. The number of nitrogens with zero attached hydrogens (tertiary/aromatic N) is 2. The second-order valence-corrected chi connectivity index (χ2v) is 3.11. The molecule has 0 saturated heterocycles. The number of benzene rings is 1. The Morgan fingerprint density at radius 2 is 1.39 bits per heavy atom. The number of aliphatic imine (C=N–C) groups is 1. The van der Waals surface area contributed by atoms with Crippen molar-refractivity contribution in [3.05, 3.63) is 29.8 Å². The van der Waals surface area contributed by atoms with Gasteiger partial charge in [0.25, 0.3) is 0 Å². The Hall–Kier alpha value is -2.04. The molecule has 1 rings (SSSR count).